The van der Waals surface area contributed by atoms with Crippen molar-refractivity contribution in [1.29, 1.82) is 0 Å². The second-order valence-electron chi connectivity index (χ2n) is 8.44. The first-order chi connectivity index (χ1) is 16.9. The third-order valence-electron chi connectivity index (χ3n) is 6.00. The summed E-state index contributed by atoms with van der Waals surface area (Å²) in [4.78, 5) is 29.8. The number of aryl methyl sites for hydroxylation is 1. The number of para-hydroxylation sites is 1. The van der Waals surface area contributed by atoms with Crippen molar-refractivity contribution < 1.29 is 14.3 Å². The first-order valence-corrected chi connectivity index (χ1v) is 12.0. The zero-order valence-electron chi connectivity index (χ0n) is 20.1. The highest BCUT2D eigenvalue weighted by atomic mass is 32.1. The van der Waals surface area contributed by atoms with Crippen molar-refractivity contribution in [3.8, 4) is 5.75 Å². The summed E-state index contributed by atoms with van der Waals surface area (Å²) >= 11 is 5.74. The van der Waals surface area contributed by atoms with Gasteiger partial charge in [-0.25, -0.2) is 0 Å². The zero-order chi connectivity index (χ0) is 24.9. The Bertz CT molecular complexity index is 1210. The minimum Gasteiger partial charge on any atom is -0.494 e. The van der Waals surface area contributed by atoms with Gasteiger partial charge in [0.05, 0.1) is 24.9 Å². The zero-order valence-corrected chi connectivity index (χ0v) is 20.9. The van der Waals surface area contributed by atoms with Crippen molar-refractivity contribution in [3.63, 3.8) is 0 Å². The van der Waals surface area contributed by atoms with Crippen LogP contribution in [0.5, 0.6) is 5.75 Å². The Morgan fingerprint density at radius 1 is 1.14 bits per heavy atom. The molecule has 2 heterocycles. The van der Waals surface area contributed by atoms with Crippen molar-refractivity contribution in [2.75, 3.05) is 16.8 Å². The molecule has 2 amide bonds. The Kier molecular flexibility index (Phi) is 7.45. The van der Waals surface area contributed by atoms with Gasteiger partial charge in [-0.15, -0.1) is 0 Å². The number of nitrogens with zero attached hydrogens (tertiary/aromatic N) is 4. The second kappa shape index (κ2) is 10.7. The molecule has 1 aliphatic rings. The van der Waals surface area contributed by atoms with E-state index in [1.165, 1.54) is 4.90 Å². The van der Waals surface area contributed by atoms with E-state index in [9.17, 15) is 9.59 Å². The first kappa shape index (κ1) is 24.4. The third-order valence-corrected chi connectivity index (χ3v) is 6.42. The van der Waals surface area contributed by atoms with Gasteiger partial charge in [-0.3, -0.25) is 19.2 Å². The van der Waals surface area contributed by atoms with Gasteiger partial charge >= 0.3 is 0 Å². The van der Waals surface area contributed by atoms with Crippen molar-refractivity contribution in [3.05, 3.63) is 72.1 Å². The molecule has 1 atom stereocenters. The Hall–Kier alpha value is -3.72. The number of amides is 2. The fraction of sp³-hybridized carbons (Fsp3) is 0.308. The number of hydrogen-bond acceptors (Lipinski definition) is 5. The van der Waals surface area contributed by atoms with Crippen LogP contribution in [0.1, 0.15) is 31.0 Å². The molecule has 1 aromatic heterocycles. The summed E-state index contributed by atoms with van der Waals surface area (Å²) < 4.78 is 7.37. The van der Waals surface area contributed by atoms with Gasteiger partial charge in [0.1, 0.15) is 11.8 Å². The monoisotopic (exact) mass is 491 g/mol. The molecule has 1 aliphatic heterocycles. The van der Waals surface area contributed by atoms with Crippen LogP contribution in [0.2, 0.25) is 0 Å². The standard InChI is InChI=1S/C26H29N5O3S/c1-4-14-34-22-12-10-20(11-13-22)28-24(32)15-23-25(33)31(21-8-6-5-7-9-21)26(35)30(23)17-19-16-27-29(3)18(19)2/h5-13,16,23H,4,14-15,17H2,1-3H3,(H,28,32)/t23-/m0/s1. The minimum absolute atomic E-state index is 0.0320. The molecule has 1 fully saturated rings. The summed E-state index contributed by atoms with van der Waals surface area (Å²) in [5, 5.41) is 7.57. The quantitative estimate of drug-likeness (QED) is 0.455. The molecule has 0 unspecified atom stereocenters. The lowest BCUT2D eigenvalue weighted by atomic mass is 10.1. The van der Waals surface area contributed by atoms with E-state index in [1.54, 1.807) is 23.0 Å². The Morgan fingerprint density at radius 3 is 2.49 bits per heavy atom. The highest BCUT2D eigenvalue weighted by molar-refractivity contribution is 7.80. The molecule has 1 saturated heterocycles. The maximum atomic E-state index is 13.5. The smallest absolute Gasteiger partial charge is 0.256 e. The molecule has 0 aliphatic carbocycles. The molecule has 0 bridgehead atoms. The van der Waals surface area contributed by atoms with E-state index in [-0.39, 0.29) is 18.2 Å². The molecule has 35 heavy (non-hydrogen) atoms. The normalized spacial score (nSPS) is 15.6. The first-order valence-electron chi connectivity index (χ1n) is 11.6. The van der Waals surface area contributed by atoms with Crippen LogP contribution in [-0.4, -0.2) is 44.3 Å². The summed E-state index contributed by atoms with van der Waals surface area (Å²) in [6.07, 6.45) is 2.66. The van der Waals surface area contributed by atoms with E-state index in [0.29, 0.717) is 29.6 Å². The predicted octanol–water partition coefficient (Wildman–Crippen LogP) is 4.05. The predicted molar refractivity (Wildman–Crippen MR) is 139 cm³/mol. The van der Waals surface area contributed by atoms with Crippen LogP contribution in [-0.2, 0) is 23.2 Å². The van der Waals surface area contributed by atoms with Gasteiger partial charge in [-0.1, -0.05) is 25.1 Å². The molecule has 0 saturated carbocycles. The van der Waals surface area contributed by atoms with E-state index >= 15 is 0 Å². The number of aromatic nitrogens is 2. The van der Waals surface area contributed by atoms with E-state index < -0.39 is 6.04 Å². The molecule has 3 aromatic rings. The van der Waals surface area contributed by atoms with E-state index in [0.717, 1.165) is 23.4 Å². The third kappa shape index (κ3) is 5.35. The highest BCUT2D eigenvalue weighted by Gasteiger charge is 2.44. The lowest BCUT2D eigenvalue weighted by Gasteiger charge is -2.23. The Balaban J connectivity index is 1.53. The summed E-state index contributed by atoms with van der Waals surface area (Å²) in [6, 6.07) is 15.7. The van der Waals surface area contributed by atoms with Crippen LogP contribution in [0.3, 0.4) is 0 Å². The van der Waals surface area contributed by atoms with Crippen LogP contribution in [0, 0.1) is 6.92 Å². The lowest BCUT2D eigenvalue weighted by molar-refractivity contribution is -0.124. The number of ether oxygens (including phenoxy) is 1. The number of carbonyl (C=O) groups excluding carboxylic acids is 2. The van der Waals surface area contributed by atoms with Crippen molar-refractivity contribution >= 4 is 40.5 Å². The Labute approximate surface area is 210 Å². The van der Waals surface area contributed by atoms with Crippen LogP contribution in [0.25, 0.3) is 0 Å². The molecular weight excluding hydrogens is 462 g/mol. The van der Waals surface area contributed by atoms with E-state index in [2.05, 4.69) is 10.4 Å². The van der Waals surface area contributed by atoms with Crippen molar-refractivity contribution in [2.45, 2.75) is 39.3 Å². The van der Waals surface area contributed by atoms with E-state index in [4.69, 9.17) is 17.0 Å². The molecule has 8 nitrogen and oxygen atoms in total. The number of nitrogens with one attached hydrogen (secondary N) is 1. The summed E-state index contributed by atoms with van der Waals surface area (Å²) in [5.74, 6) is 0.259. The van der Waals surface area contributed by atoms with Gasteiger partial charge in [0.25, 0.3) is 5.91 Å². The molecule has 0 radical (unpaired) electrons. The Morgan fingerprint density at radius 2 is 1.86 bits per heavy atom. The topological polar surface area (TPSA) is 79.7 Å². The molecule has 182 valence electrons. The summed E-state index contributed by atoms with van der Waals surface area (Å²) in [7, 11) is 1.87. The van der Waals surface area contributed by atoms with Gasteiger partial charge < -0.3 is 15.0 Å². The molecule has 4 rings (SSSR count). The van der Waals surface area contributed by atoms with Crippen LogP contribution >= 0.6 is 12.2 Å². The maximum absolute atomic E-state index is 13.5. The largest absolute Gasteiger partial charge is 0.494 e. The van der Waals surface area contributed by atoms with Crippen molar-refractivity contribution in [2.24, 2.45) is 7.05 Å². The van der Waals surface area contributed by atoms with Gasteiger partial charge in [-0.05, 0) is 62.0 Å². The van der Waals surface area contributed by atoms with Gasteiger partial charge in [-0.2, -0.15) is 5.10 Å². The second-order valence-corrected chi connectivity index (χ2v) is 8.80. The van der Waals surface area contributed by atoms with Gasteiger partial charge in [0, 0.05) is 30.5 Å². The number of carbonyl (C=O) groups is 2. The van der Waals surface area contributed by atoms with Crippen LogP contribution in [0.4, 0.5) is 11.4 Å². The molecular formula is C26H29N5O3S. The summed E-state index contributed by atoms with van der Waals surface area (Å²) in [6.45, 7) is 5.03. The lowest BCUT2D eigenvalue weighted by Crippen LogP contribution is -2.37. The van der Waals surface area contributed by atoms with Crippen molar-refractivity contribution in [1.82, 2.24) is 14.7 Å². The van der Waals surface area contributed by atoms with Gasteiger partial charge in [0.2, 0.25) is 5.91 Å². The fourth-order valence-electron chi connectivity index (χ4n) is 3.95. The van der Waals surface area contributed by atoms with E-state index in [1.807, 2.05) is 68.3 Å². The number of thiocarbonyl (C=S) groups is 1. The maximum Gasteiger partial charge on any atom is 0.256 e. The summed E-state index contributed by atoms with van der Waals surface area (Å²) in [5.41, 5.74) is 3.25. The molecule has 0 spiro atoms. The average Bonchev–Trinajstić information content (AvgIpc) is 3.29. The average molecular weight is 492 g/mol. The SMILES string of the molecule is CCCOc1ccc(NC(=O)C[C@H]2C(=O)N(c3ccccc3)C(=S)N2Cc2cnn(C)c2C)cc1. The number of benzene rings is 2. The number of rotatable bonds is 9. The van der Waals surface area contributed by atoms with Crippen LogP contribution < -0.4 is 15.0 Å². The number of anilines is 2. The fourth-order valence-corrected chi connectivity index (χ4v) is 4.34. The highest BCUT2D eigenvalue weighted by Crippen LogP contribution is 2.29. The molecule has 9 heteroatoms. The van der Waals surface area contributed by atoms with Gasteiger partial charge in [0.15, 0.2) is 5.11 Å². The molecule has 1 N–H and O–H groups in total. The minimum atomic E-state index is -0.727. The number of hydrogen-bond donors (Lipinski definition) is 1. The van der Waals surface area contributed by atoms with Crippen LogP contribution in [0.15, 0.2) is 60.8 Å². The molecule has 2 aromatic carbocycles.